The number of carbonyl (C=O) groups excluding carboxylic acids is 1. The van der Waals surface area contributed by atoms with Crippen LogP contribution in [0.4, 0.5) is 5.69 Å². The van der Waals surface area contributed by atoms with Gasteiger partial charge in [-0.05, 0) is 49.1 Å². The van der Waals surface area contributed by atoms with Gasteiger partial charge >= 0.3 is 0 Å². The van der Waals surface area contributed by atoms with Crippen LogP contribution in [0.3, 0.4) is 0 Å². The minimum Gasteiger partial charge on any atom is -0.343 e. The molecule has 3 N–H and O–H groups in total. The van der Waals surface area contributed by atoms with E-state index < -0.39 is 0 Å². The van der Waals surface area contributed by atoms with Crippen LogP contribution in [-0.4, -0.2) is 17.8 Å². The minimum atomic E-state index is -0.368. The number of carbonyl (C=O) groups is 1. The van der Waals surface area contributed by atoms with Gasteiger partial charge in [-0.15, -0.1) is 11.3 Å². The zero-order valence-electron chi connectivity index (χ0n) is 14.0. The van der Waals surface area contributed by atoms with Crippen LogP contribution in [0.25, 0.3) is 10.4 Å². The number of rotatable bonds is 4. The van der Waals surface area contributed by atoms with Gasteiger partial charge in [-0.2, -0.15) is 0 Å². The van der Waals surface area contributed by atoms with Crippen molar-refractivity contribution in [1.29, 1.82) is 5.41 Å². The normalized spacial score (nSPS) is 15.6. The molecule has 2 heterocycles. The lowest BCUT2D eigenvalue weighted by molar-refractivity contribution is -0.112. The first kappa shape index (κ1) is 16.9. The van der Waals surface area contributed by atoms with Crippen LogP contribution in [0, 0.1) is 5.41 Å². The Kier molecular flexibility index (Phi) is 4.90. The predicted octanol–water partition coefficient (Wildman–Crippen LogP) is 4.18. The maximum atomic E-state index is 12.5. The van der Waals surface area contributed by atoms with E-state index in [1.165, 1.54) is 4.88 Å². The highest BCUT2D eigenvalue weighted by Crippen LogP contribution is 2.26. The average molecular weight is 350 g/mol. The predicted molar refractivity (Wildman–Crippen MR) is 104 cm³/mol. The second-order valence-corrected chi connectivity index (χ2v) is 6.57. The van der Waals surface area contributed by atoms with E-state index in [1.807, 2.05) is 55.6 Å². The summed E-state index contributed by atoms with van der Waals surface area (Å²) < 4.78 is 0. The van der Waals surface area contributed by atoms with Crippen molar-refractivity contribution in [2.45, 2.75) is 13.8 Å². The standard InChI is InChI=1S/C19H18N4OS/c1-12-10-13(2)22-18(21-12)16(11-20)19(24)23-15-7-5-14(6-8-15)17-4-3-9-25-17/h3-11,20-21H,1-2H3,(H,23,24)/b18-16-,20-11?. The molecule has 0 saturated carbocycles. The monoisotopic (exact) mass is 350 g/mol. The summed E-state index contributed by atoms with van der Waals surface area (Å²) in [7, 11) is 0. The van der Waals surface area contributed by atoms with E-state index in [4.69, 9.17) is 5.41 Å². The third-order valence-electron chi connectivity index (χ3n) is 3.62. The molecule has 0 aliphatic carbocycles. The summed E-state index contributed by atoms with van der Waals surface area (Å²) in [6, 6.07) is 11.7. The van der Waals surface area contributed by atoms with Gasteiger partial charge < -0.3 is 16.0 Å². The van der Waals surface area contributed by atoms with Gasteiger partial charge in [-0.25, -0.2) is 4.99 Å². The number of hydrogen-bond acceptors (Lipinski definition) is 5. The molecule has 5 nitrogen and oxygen atoms in total. The highest BCUT2D eigenvalue weighted by molar-refractivity contribution is 7.13. The Morgan fingerprint density at radius 3 is 2.60 bits per heavy atom. The lowest BCUT2D eigenvalue weighted by Crippen LogP contribution is -2.24. The number of nitrogens with zero attached hydrogens (tertiary/aromatic N) is 1. The SMILES string of the molecule is CC1=CC(C)=N/C(=C(/C=N)C(=O)Nc2ccc(-c3cccs3)cc2)N1. The topological polar surface area (TPSA) is 77.3 Å². The lowest BCUT2D eigenvalue weighted by atomic mass is 10.1. The molecule has 0 fully saturated rings. The molecule has 126 valence electrons. The van der Waals surface area contributed by atoms with Crippen LogP contribution >= 0.6 is 11.3 Å². The molecule has 1 aromatic heterocycles. The molecule has 1 amide bonds. The van der Waals surface area contributed by atoms with E-state index in [1.54, 1.807) is 11.3 Å². The van der Waals surface area contributed by atoms with Crippen molar-refractivity contribution in [2.75, 3.05) is 5.32 Å². The fourth-order valence-electron chi connectivity index (χ4n) is 2.50. The maximum Gasteiger partial charge on any atom is 0.260 e. The number of anilines is 1. The van der Waals surface area contributed by atoms with Gasteiger partial charge in [0, 0.05) is 28.2 Å². The van der Waals surface area contributed by atoms with Crippen molar-refractivity contribution in [2.24, 2.45) is 4.99 Å². The van der Waals surface area contributed by atoms with Crippen molar-refractivity contribution in [3.05, 3.63) is 64.9 Å². The Morgan fingerprint density at radius 1 is 1.24 bits per heavy atom. The molecule has 0 unspecified atom stereocenters. The molecule has 3 rings (SSSR count). The Labute approximate surface area is 150 Å². The number of thiophene rings is 1. The summed E-state index contributed by atoms with van der Waals surface area (Å²) in [4.78, 5) is 18.0. The van der Waals surface area contributed by atoms with Gasteiger partial charge in [0.25, 0.3) is 5.91 Å². The number of amides is 1. The molecule has 0 saturated heterocycles. The summed E-state index contributed by atoms with van der Waals surface area (Å²) in [5, 5.41) is 15.5. The van der Waals surface area contributed by atoms with Gasteiger partial charge in [0.2, 0.25) is 0 Å². The van der Waals surface area contributed by atoms with E-state index in [-0.39, 0.29) is 11.5 Å². The van der Waals surface area contributed by atoms with Gasteiger partial charge in [0.05, 0.1) is 5.57 Å². The van der Waals surface area contributed by atoms with E-state index in [9.17, 15) is 4.79 Å². The van der Waals surface area contributed by atoms with Crippen LogP contribution in [0.5, 0.6) is 0 Å². The number of allylic oxidation sites excluding steroid dienone is 2. The summed E-state index contributed by atoms with van der Waals surface area (Å²) in [6.07, 6.45) is 2.90. The maximum absolute atomic E-state index is 12.5. The minimum absolute atomic E-state index is 0.189. The first-order valence-electron chi connectivity index (χ1n) is 7.77. The third kappa shape index (κ3) is 3.92. The van der Waals surface area contributed by atoms with Crippen molar-refractivity contribution in [3.63, 3.8) is 0 Å². The van der Waals surface area contributed by atoms with Crippen LogP contribution in [0.2, 0.25) is 0 Å². The van der Waals surface area contributed by atoms with Crippen LogP contribution in [0.15, 0.2) is 69.9 Å². The van der Waals surface area contributed by atoms with E-state index in [2.05, 4.69) is 21.7 Å². The van der Waals surface area contributed by atoms with Gasteiger partial charge in [-0.3, -0.25) is 4.79 Å². The second kappa shape index (κ2) is 7.27. The van der Waals surface area contributed by atoms with E-state index in [0.29, 0.717) is 11.5 Å². The van der Waals surface area contributed by atoms with Gasteiger partial charge in [0.1, 0.15) is 5.82 Å². The molecule has 0 radical (unpaired) electrons. The van der Waals surface area contributed by atoms with Crippen molar-refractivity contribution in [3.8, 4) is 10.4 Å². The van der Waals surface area contributed by atoms with Crippen LogP contribution < -0.4 is 10.6 Å². The Balaban J connectivity index is 1.79. The van der Waals surface area contributed by atoms with Crippen molar-refractivity contribution in [1.82, 2.24) is 5.32 Å². The molecule has 2 aromatic rings. The number of nitrogens with one attached hydrogen (secondary N) is 3. The van der Waals surface area contributed by atoms with Crippen LogP contribution in [-0.2, 0) is 4.79 Å². The largest absolute Gasteiger partial charge is 0.343 e. The summed E-state index contributed by atoms with van der Waals surface area (Å²) in [6.45, 7) is 3.74. The third-order valence-corrected chi connectivity index (χ3v) is 4.54. The fourth-order valence-corrected chi connectivity index (χ4v) is 3.23. The molecular formula is C19H18N4OS. The van der Waals surface area contributed by atoms with E-state index >= 15 is 0 Å². The molecule has 1 aromatic carbocycles. The summed E-state index contributed by atoms with van der Waals surface area (Å²) in [5.41, 5.74) is 3.64. The Hall–Kier alpha value is -2.99. The highest BCUT2D eigenvalue weighted by Gasteiger charge is 2.16. The van der Waals surface area contributed by atoms with E-state index in [0.717, 1.165) is 23.2 Å². The quantitative estimate of drug-likeness (QED) is 0.571. The Morgan fingerprint density at radius 2 is 2.00 bits per heavy atom. The fraction of sp³-hybridized carbons (Fsp3) is 0.105. The van der Waals surface area contributed by atoms with Crippen LogP contribution in [0.1, 0.15) is 13.8 Å². The van der Waals surface area contributed by atoms with Gasteiger partial charge in [-0.1, -0.05) is 18.2 Å². The Bertz CT molecular complexity index is 890. The zero-order valence-corrected chi connectivity index (χ0v) is 14.8. The first-order valence-corrected chi connectivity index (χ1v) is 8.65. The lowest BCUT2D eigenvalue weighted by Gasteiger charge is -2.16. The summed E-state index contributed by atoms with van der Waals surface area (Å²) >= 11 is 1.67. The van der Waals surface area contributed by atoms with Crippen molar-refractivity contribution < 1.29 is 4.79 Å². The molecule has 0 bridgehead atoms. The second-order valence-electron chi connectivity index (χ2n) is 5.62. The molecule has 0 atom stereocenters. The average Bonchev–Trinajstić information content (AvgIpc) is 3.10. The molecule has 1 aliphatic heterocycles. The summed E-state index contributed by atoms with van der Waals surface area (Å²) in [5.74, 6) is 0.0211. The molecular weight excluding hydrogens is 332 g/mol. The number of aliphatic imine (C=N–C) groups is 1. The number of benzene rings is 1. The molecule has 6 heteroatoms. The van der Waals surface area contributed by atoms with Crippen molar-refractivity contribution >= 4 is 34.9 Å². The molecule has 0 spiro atoms. The first-order chi connectivity index (χ1) is 12.1. The molecule has 1 aliphatic rings. The number of hydrogen-bond donors (Lipinski definition) is 3. The highest BCUT2D eigenvalue weighted by atomic mass is 32.1. The molecule has 25 heavy (non-hydrogen) atoms. The van der Waals surface area contributed by atoms with Gasteiger partial charge in [0.15, 0.2) is 0 Å². The smallest absolute Gasteiger partial charge is 0.260 e. The zero-order chi connectivity index (χ0) is 17.8.